The van der Waals surface area contributed by atoms with Crippen molar-refractivity contribution in [3.8, 4) is 0 Å². The molecule has 1 heterocycles. The third-order valence-corrected chi connectivity index (χ3v) is 4.56. The van der Waals surface area contributed by atoms with Crippen LogP contribution in [0, 0.1) is 0 Å². The van der Waals surface area contributed by atoms with Crippen molar-refractivity contribution in [3.05, 3.63) is 38.8 Å². The van der Waals surface area contributed by atoms with Gasteiger partial charge < -0.3 is 10.8 Å². The first-order valence-electron chi connectivity index (χ1n) is 4.92. The summed E-state index contributed by atoms with van der Waals surface area (Å²) in [7, 11) is 0. The van der Waals surface area contributed by atoms with Crippen LogP contribution in [0.2, 0.25) is 0 Å². The molecule has 0 radical (unpaired) electrons. The molecule has 0 saturated heterocycles. The lowest BCUT2D eigenvalue weighted by atomic mass is 10.3. The first kappa shape index (κ1) is 13.4. The van der Waals surface area contributed by atoms with Gasteiger partial charge in [0.05, 0.1) is 5.69 Å². The van der Waals surface area contributed by atoms with E-state index in [-0.39, 0.29) is 5.01 Å². The van der Waals surface area contributed by atoms with Gasteiger partial charge in [-0.3, -0.25) is 0 Å². The molecule has 94 valence electrons. The Kier molecular flexibility index (Phi) is 4.26. The van der Waals surface area contributed by atoms with E-state index >= 15 is 0 Å². The highest BCUT2D eigenvalue weighted by Gasteiger charge is 2.09. The Bertz CT molecular complexity index is 586. The van der Waals surface area contributed by atoms with Gasteiger partial charge in [0.1, 0.15) is 0 Å². The van der Waals surface area contributed by atoms with Crippen LogP contribution in [-0.4, -0.2) is 16.1 Å². The van der Waals surface area contributed by atoms with E-state index in [2.05, 4.69) is 20.9 Å². The second-order valence-electron chi connectivity index (χ2n) is 3.42. The minimum absolute atomic E-state index is 0.118. The first-order valence-corrected chi connectivity index (χ1v) is 7.57. The number of nitrogen functional groups attached to an aromatic ring is 1. The number of anilines is 1. The van der Waals surface area contributed by atoms with Crippen molar-refractivity contribution in [2.24, 2.45) is 0 Å². The lowest BCUT2D eigenvalue weighted by Crippen LogP contribution is -1.95. The van der Waals surface area contributed by atoms with Crippen LogP contribution < -0.4 is 5.73 Å². The van der Waals surface area contributed by atoms with Crippen LogP contribution in [0.4, 0.5) is 5.69 Å². The number of halogens is 1. The zero-order valence-corrected chi connectivity index (χ0v) is 12.3. The van der Waals surface area contributed by atoms with Crippen LogP contribution in [-0.2, 0) is 5.75 Å². The van der Waals surface area contributed by atoms with Crippen molar-refractivity contribution in [2.75, 3.05) is 5.73 Å². The third kappa shape index (κ3) is 3.24. The number of thioether (sulfide) groups is 1. The predicted molar refractivity (Wildman–Crippen MR) is 77.2 cm³/mol. The lowest BCUT2D eigenvalue weighted by Gasteiger charge is -2.04. The van der Waals surface area contributed by atoms with Gasteiger partial charge in [0.2, 0.25) is 5.01 Å². The van der Waals surface area contributed by atoms with E-state index in [1.165, 1.54) is 11.8 Å². The van der Waals surface area contributed by atoms with E-state index in [1.54, 1.807) is 5.38 Å². The number of thiazole rings is 1. The van der Waals surface area contributed by atoms with Gasteiger partial charge in [-0.25, -0.2) is 9.78 Å². The highest BCUT2D eigenvalue weighted by atomic mass is 79.9. The summed E-state index contributed by atoms with van der Waals surface area (Å²) in [5.74, 6) is -0.386. The number of hydrogen-bond donors (Lipinski definition) is 2. The van der Waals surface area contributed by atoms with Crippen LogP contribution in [0.15, 0.2) is 32.9 Å². The molecule has 0 aliphatic carbocycles. The molecule has 0 unspecified atom stereocenters. The second-order valence-corrected chi connectivity index (χ2v) is 6.21. The maximum absolute atomic E-state index is 10.7. The van der Waals surface area contributed by atoms with Gasteiger partial charge in [0.15, 0.2) is 0 Å². The minimum atomic E-state index is -0.988. The van der Waals surface area contributed by atoms with Crippen LogP contribution in [0.25, 0.3) is 0 Å². The summed E-state index contributed by atoms with van der Waals surface area (Å²) in [6.45, 7) is 0. The number of aromatic carboxylic acids is 1. The second kappa shape index (κ2) is 5.73. The summed E-state index contributed by atoms with van der Waals surface area (Å²) in [6, 6.07) is 5.64. The van der Waals surface area contributed by atoms with Gasteiger partial charge in [0, 0.05) is 26.2 Å². The average molecular weight is 345 g/mol. The molecule has 0 spiro atoms. The third-order valence-electron chi connectivity index (χ3n) is 2.09. The van der Waals surface area contributed by atoms with Gasteiger partial charge in [-0.05, 0) is 18.2 Å². The Morgan fingerprint density at radius 1 is 1.56 bits per heavy atom. The van der Waals surface area contributed by atoms with E-state index in [1.807, 2.05) is 18.2 Å². The van der Waals surface area contributed by atoms with Gasteiger partial charge in [-0.1, -0.05) is 15.9 Å². The summed E-state index contributed by atoms with van der Waals surface area (Å²) in [5, 5.41) is 10.7. The number of carboxylic acids is 1. The molecule has 1 aromatic heterocycles. The molecule has 0 atom stereocenters. The number of rotatable bonds is 4. The first-order chi connectivity index (χ1) is 8.56. The fourth-order valence-electron chi connectivity index (χ4n) is 1.26. The number of carboxylic acid groups (broad SMARTS) is 1. The van der Waals surface area contributed by atoms with Crippen molar-refractivity contribution in [1.82, 2.24) is 4.98 Å². The van der Waals surface area contributed by atoms with Gasteiger partial charge in [0.25, 0.3) is 0 Å². The average Bonchev–Trinajstić information content (AvgIpc) is 2.79. The Hall–Kier alpha value is -1.05. The van der Waals surface area contributed by atoms with Crippen LogP contribution in [0.5, 0.6) is 0 Å². The van der Waals surface area contributed by atoms with E-state index in [4.69, 9.17) is 10.8 Å². The molecule has 2 rings (SSSR count). The normalized spacial score (nSPS) is 10.5. The standard InChI is InChI=1S/C11H9BrN2O2S2/c12-6-1-2-8(13)9(3-6)17-4-7-5-18-10(14-7)11(15)16/h1-3,5H,4,13H2,(H,15,16). The highest BCUT2D eigenvalue weighted by Crippen LogP contribution is 2.30. The van der Waals surface area contributed by atoms with E-state index in [0.717, 1.165) is 26.4 Å². The molecule has 3 N–H and O–H groups in total. The quantitative estimate of drug-likeness (QED) is 0.655. The van der Waals surface area contributed by atoms with E-state index in [0.29, 0.717) is 11.4 Å². The van der Waals surface area contributed by atoms with Crippen molar-refractivity contribution >= 4 is 50.7 Å². The lowest BCUT2D eigenvalue weighted by molar-refractivity contribution is 0.0696. The molecule has 0 amide bonds. The van der Waals surface area contributed by atoms with Crippen molar-refractivity contribution in [2.45, 2.75) is 10.6 Å². The number of benzene rings is 1. The molecular formula is C11H9BrN2O2S2. The summed E-state index contributed by atoms with van der Waals surface area (Å²) in [4.78, 5) is 15.7. The Balaban J connectivity index is 2.06. The molecule has 4 nitrogen and oxygen atoms in total. The summed E-state index contributed by atoms with van der Waals surface area (Å²) in [5.41, 5.74) is 7.31. The Morgan fingerprint density at radius 3 is 3.00 bits per heavy atom. The SMILES string of the molecule is Nc1ccc(Br)cc1SCc1csc(C(=O)O)n1. The molecule has 0 bridgehead atoms. The molecule has 0 fully saturated rings. The molecule has 0 saturated carbocycles. The molecule has 0 aliphatic heterocycles. The van der Waals surface area contributed by atoms with Crippen LogP contribution in [0.1, 0.15) is 15.5 Å². The fraction of sp³-hybridized carbons (Fsp3) is 0.0909. The molecule has 1 aromatic carbocycles. The number of carbonyl (C=O) groups is 1. The fourth-order valence-corrected chi connectivity index (χ4v) is 3.43. The maximum atomic E-state index is 10.7. The number of nitrogens with zero attached hydrogens (tertiary/aromatic N) is 1. The smallest absolute Gasteiger partial charge is 0.365 e. The molecule has 18 heavy (non-hydrogen) atoms. The number of nitrogens with two attached hydrogens (primary N) is 1. The summed E-state index contributed by atoms with van der Waals surface area (Å²) >= 11 is 6.06. The maximum Gasteiger partial charge on any atom is 0.365 e. The summed E-state index contributed by atoms with van der Waals surface area (Å²) < 4.78 is 0.962. The minimum Gasteiger partial charge on any atom is -0.476 e. The topological polar surface area (TPSA) is 76.2 Å². The predicted octanol–water partition coefficient (Wildman–Crippen LogP) is 3.48. The number of hydrogen-bond acceptors (Lipinski definition) is 5. The van der Waals surface area contributed by atoms with Crippen LogP contribution >= 0.6 is 39.0 Å². The van der Waals surface area contributed by atoms with Crippen molar-refractivity contribution in [3.63, 3.8) is 0 Å². The zero-order chi connectivity index (χ0) is 13.1. The zero-order valence-electron chi connectivity index (χ0n) is 9.09. The highest BCUT2D eigenvalue weighted by molar-refractivity contribution is 9.10. The van der Waals surface area contributed by atoms with E-state index in [9.17, 15) is 4.79 Å². The Morgan fingerprint density at radius 2 is 2.33 bits per heavy atom. The van der Waals surface area contributed by atoms with Crippen LogP contribution in [0.3, 0.4) is 0 Å². The van der Waals surface area contributed by atoms with Gasteiger partial charge in [-0.2, -0.15) is 0 Å². The van der Waals surface area contributed by atoms with Crippen molar-refractivity contribution in [1.29, 1.82) is 0 Å². The molecule has 7 heteroatoms. The summed E-state index contributed by atoms with van der Waals surface area (Å²) in [6.07, 6.45) is 0. The van der Waals surface area contributed by atoms with Crippen molar-refractivity contribution < 1.29 is 9.90 Å². The molecular weight excluding hydrogens is 336 g/mol. The number of aromatic nitrogens is 1. The Labute approximate surface area is 120 Å². The largest absolute Gasteiger partial charge is 0.476 e. The van der Waals surface area contributed by atoms with Gasteiger partial charge >= 0.3 is 5.97 Å². The molecule has 2 aromatic rings. The van der Waals surface area contributed by atoms with E-state index < -0.39 is 5.97 Å². The monoisotopic (exact) mass is 344 g/mol. The van der Waals surface area contributed by atoms with Gasteiger partial charge in [-0.15, -0.1) is 23.1 Å². The molecule has 0 aliphatic rings.